The zero-order chi connectivity index (χ0) is 18.5. The average molecular weight is 347 g/mol. The van der Waals surface area contributed by atoms with Gasteiger partial charge in [-0.2, -0.15) is 0 Å². The van der Waals surface area contributed by atoms with E-state index in [2.05, 4.69) is 65.9 Å². The fourth-order valence-electron chi connectivity index (χ4n) is 3.18. The van der Waals surface area contributed by atoms with Crippen molar-refractivity contribution in [1.82, 2.24) is 14.9 Å². The van der Waals surface area contributed by atoms with Crippen LogP contribution in [0.15, 0.2) is 66.7 Å². The molecule has 0 bridgehead atoms. The highest BCUT2D eigenvalue weighted by atomic mass is 16.1. The van der Waals surface area contributed by atoms with Crippen molar-refractivity contribution in [3.63, 3.8) is 0 Å². The van der Waals surface area contributed by atoms with Crippen molar-refractivity contribution < 1.29 is 4.79 Å². The molecule has 0 aliphatic rings. The number of amides is 1. The fraction of sp³-hybridized carbons (Fsp3) is 0.273. The maximum atomic E-state index is 11.6. The molecule has 3 aromatic rings. The van der Waals surface area contributed by atoms with E-state index in [0.29, 0.717) is 12.1 Å². The highest BCUT2D eigenvalue weighted by Crippen LogP contribution is 2.26. The Bertz CT molecular complexity index is 912. The highest BCUT2D eigenvalue weighted by molar-refractivity contribution is 5.92. The summed E-state index contributed by atoms with van der Waals surface area (Å²) in [7, 11) is 0. The predicted octanol–water partition coefficient (Wildman–Crippen LogP) is 4.27. The summed E-state index contributed by atoms with van der Waals surface area (Å²) in [5, 5.41) is 2.89. The Morgan fingerprint density at radius 2 is 1.85 bits per heavy atom. The van der Waals surface area contributed by atoms with E-state index in [1.807, 2.05) is 12.1 Å². The molecule has 0 aliphatic carbocycles. The molecule has 0 aliphatic heterocycles. The van der Waals surface area contributed by atoms with E-state index in [0.717, 1.165) is 29.7 Å². The third-order valence-corrected chi connectivity index (χ3v) is 4.59. The Morgan fingerprint density at radius 1 is 1.15 bits per heavy atom. The number of rotatable bonds is 7. The first kappa shape index (κ1) is 17.9. The number of fused-ring (bicyclic) bond motifs is 1. The smallest absolute Gasteiger partial charge is 0.246 e. The number of hydrogen-bond acceptors (Lipinski definition) is 2. The molecule has 0 spiro atoms. The standard InChI is InChI=1S/C22H25N3O/c1-16(2)22(26)23-15-9-14-21-24-19-12-7-8-13-20(19)25(21)17(3)18-10-5-4-6-11-18/h4-8,10-13,17H,1,9,14-15H2,2-3H3,(H,23,26). The number of imidazole rings is 1. The Hall–Kier alpha value is -2.88. The van der Waals surface area contributed by atoms with Crippen molar-refractivity contribution in [1.29, 1.82) is 0 Å². The van der Waals surface area contributed by atoms with Crippen LogP contribution >= 0.6 is 0 Å². The molecule has 1 atom stereocenters. The van der Waals surface area contributed by atoms with E-state index in [1.165, 1.54) is 5.56 Å². The number of para-hydroxylation sites is 2. The first-order valence-electron chi connectivity index (χ1n) is 9.02. The van der Waals surface area contributed by atoms with Gasteiger partial charge in [-0.3, -0.25) is 4.79 Å². The van der Waals surface area contributed by atoms with Crippen molar-refractivity contribution in [2.75, 3.05) is 6.54 Å². The monoisotopic (exact) mass is 347 g/mol. The van der Waals surface area contributed by atoms with Crippen LogP contribution in [0.5, 0.6) is 0 Å². The van der Waals surface area contributed by atoms with Crippen LogP contribution in [0.3, 0.4) is 0 Å². The molecule has 3 rings (SSSR count). The van der Waals surface area contributed by atoms with Gasteiger partial charge in [0.25, 0.3) is 0 Å². The third kappa shape index (κ3) is 3.85. The molecule has 0 saturated heterocycles. The van der Waals surface area contributed by atoms with E-state index < -0.39 is 0 Å². The van der Waals surface area contributed by atoms with Gasteiger partial charge < -0.3 is 9.88 Å². The summed E-state index contributed by atoms with van der Waals surface area (Å²) in [6, 6.07) is 18.9. The van der Waals surface area contributed by atoms with Crippen LogP contribution in [0.4, 0.5) is 0 Å². The summed E-state index contributed by atoms with van der Waals surface area (Å²) in [6.07, 6.45) is 1.65. The molecule has 1 heterocycles. The lowest BCUT2D eigenvalue weighted by atomic mass is 10.1. The molecule has 1 unspecified atom stereocenters. The van der Waals surface area contributed by atoms with Gasteiger partial charge in [0.2, 0.25) is 5.91 Å². The first-order chi connectivity index (χ1) is 12.6. The minimum Gasteiger partial charge on any atom is -0.352 e. The first-order valence-corrected chi connectivity index (χ1v) is 9.02. The van der Waals surface area contributed by atoms with Crippen molar-refractivity contribution in [3.8, 4) is 0 Å². The lowest BCUT2D eigenvalue weighted by Crippen LogP contribution is -2.25. The molecule has 0 radical (unpaired) electrons. The normalized spacial score (nSPS) is 12.1. The zero-order valence-electron chi connectivity index (χ0n) is 15.4. The number of nitrogens with one attached hydrogen (secondary N) is 1. The molecule has 0 fully saturated rings. The van der Waals surface area contributed by atoms with E-state index in [-0.39, 0.29) is 11.9 Å². The Balaban J connectivity index is 1.83. The summed E-state index contributed by atoms with van der Waals surface area (Å²) in [5.74, 6) is 0.961. The Morgan fingerprint density at radius 3 is 2.58 bits per heavy atom. The number of aromatic nitrogens is 2. The summed E-state index contributed by atoms with van der Waals surface area (Å²) in [4.78, 5) is 16.5. The number of carbonyl (C=O) groups is 1. The Labute approximate surface area is 154 Å². The second-order valence-corrected chi connectivity index (χ2v) is 6.61. The molecule has 134 valence electrons. The largest absolute Gasteiger partial charge is 0.352 e. The molecule has 4 heteroatoms. The number of nitrogens with zero attached hydrogens (tertiary/aromatic N) is 2. The molecular weight excluding hydrogens is 322 g/mol. The van der Waals surface area contributed by atoms with Gasteiger partial charge in [-0.1, -0.05) is 49.0 Å². The van der Waals surface area contributed by atoms with Crippen molar-refractivity contribution in [3.05, 3.63) is 78.1 Å². The average Bonchev–Trinajstić information content (AvgIpc) is 3.03. The van der Waals surface area contributed by atoms with E-state index in [1.54, 1.807) is 6.92 Å². The molecule has 1 amide bonds. The maximum absolute atomic E-state index is 11.6. The van der Waals surface area contributed by atoms with Gasteiger partial charge in [-0.05, 0) is 38.0 Å². The quantitative estimate of drug-likeness (QED) is 0.512. The van der Waals surface area contributed by atoms with E-state index >= 15 is 0 Å². The third-order valence-electron chi connectivity index (χ3n) is 4.59. The summed E-state index contributed by atoms with van der Waals surface area (Å²) in [6.45, 7) is 8.21. The maximum Gasteiger partial charge on any atom is 0.246 e. The number of benzene rings is 2. The van der Waals surface area contributed by atoms with Gasteiger partial charge in [0, 0.05) is 18.5 Å². The topological polar surface area (TPSA) is 46.9 Å². The molecule has 1 aromatic heterocycles. The minimum atomic E-state index is -0.0869. The van der Waals surface area contributed by atoms with Crippen molar-refractivity contribution >= 4 is 16.9 Å². The van der Waals surface area contributed by atoms with Crippen LogP contribution in [-0.4, -0.2) is 22.0 Å². The van der Waals surface area contributed by atoms with Gasteiger partial charge in [0.1, 0.15) is 5.82 Å². The van der Waals surface area contributed by atoms with Crippen LogP contribution in [0.1, 0.15) is 37.7 Å². The molecule has 0 saturated carbocycles. The summed E-state index contributed by atoms with van der Waals surface area (Å²) < 4.78 is 2.31. The van der Waals surface area contributed by atoms with Gasteiger partial charge in [-0.15, -0.1) is 0 Å². The van der Waals surface area contributed by atoms with Gasteiger partial charge in [0.15, 0.2) is 0 Å². The number of carbonyl (C=O) groups excluding carboxylic acids is 1. The van der Waals surface area contributed by atoms with Crippen molar-refractivity contribution in [2.45, 2.75) is 32.7 Å². The van der Waals surface area contributed by atoms with Gasteiger partial charge in [0.05, 0.1) is 17.1 Å². The lowest BCUT2D eigenvalue weighted by Gasteiger charge is -2.18. The Kier molecular flexibility index (Phi) is 5.52. The minimum absolute atomic E-state index is 0.0869. The predicted molar refractivity (Wildman–Crippen MR) is 106 cm³/mol. The summed E-state index contributed by atoms with van der Waals surface area (Å²) in [5.41, 5.74) is 3.95. The second kappa shape index (κ2) is 8.00. The molecule has 4 nitrogen and oxygen atoms in total. The lowest BCUT2D eigenvalue weighted by molar-refractivity contribution is -0.117. The number of hydrogen-bond donors (Lipinski definition) is 1. The van der Waals surface area contributed by atoms with Crippen LogP contribution in [-0.2, 0) is 11.2 Å². The molecular formula is C22H25N3O. The van der Waals surface area contributed by atoms with E-state index in [9.17, 15) is 4.79 Å². The van der Waals surface area contributed by atoms with Crippen LogP contribution in [0.2, 0.25) is 0 Å². The summed E-state index contributed by atoms with van der Waals surface area (Å²) >= 11 is 0. The van der Waals surface area contributed by atoms with E-state index in [4.69, 9.17) is 4.98 Å². The second-order valence-electron chi connectivity index (χ2n) is 6.61. The van der Waals surface area contributed by atoms with Crippen LogP contribution in [0, 0.1) is 0 Å². The van der Waals surface area contributed by atoms with Gasteiger partial charge >= 0.3 is 0 Å². The molecule has 1 N–H and O–H groups in total. The van der Waals surface area contributed by atoms with Crippen molar-refractivity contribution in [2.24, 2.45) is 0 Å². The fourth-order valence-corrected chi connectivity index (χ4v) is 3.18. The molecule has 26 heavy (non-hydrogen) atoms. The van der Waals surface area contributed by atoms with Crippen LogP contribution < -0.4 is 5.32 Å². The molecule has 2 aromatic carbocycles. The SMILES string of the molecule is C=C(C)C(=O)NCCCc1nc2ccccc2n1C(C)c1ccccc1. The number of aryl methyl sites for hydroxylation is 1. The highest BCUT2D eigenvalue weighted by Gasteiger charge is 2.16. The van der Waals surface area contributed by atoms with Crippen LogP contribution in [0.25, 0.3) is 11.0 Å². The zero-order valence-corrected chi connectivity index (χ0v) is 15.4. The van der Waals surface area contributed by atoms with Gasteiger partial charge in [-0.25, -0.2) is 4.98 Å².